The fraction of sp³-hybridized carbons (Fsp3) is 0. The minimum atomic E-state index is -5.87. The normalized spacial score (nSPS) is 13.3. The minimum absolute atomic E-state index is 0.168. The van der Waals surface area contributed by atoms with Gasteiger partial charge in [0.2, 0.25) is 0 Å². The van der Waals surface area contributed by atoms with Gasteiger partial charge in [0.15, 0.2) is 17.2 Å². The molecule has 0 aliphatic carbocycles. The van der Waals surface area contributed by atoms with Crippen LogP contribution in [0.2, 0.25) is 5.02 Å². The minimum Gasteiger partial charge on any atom is -0.505 e. The zero-order valence-electron chi connectivity index (χ0n) is 42.4. The van der Waals surface area contributed by atoms with Crippen molar-refractivity contribution in [2.75, 3.05) is 5.73 Å². The Kier molecular flexibility index (Phi) is 16.8. The number of azo groups is 4. The number of aromatic hydroxyl groups is 3. The molecule has 0 bridgehead atoms. The SMILES string of the molecule is Nc1c(N=Nc2cc3c(O)c(N=Nc4cc(Cl)ccc4S(=O)(=O)O)c(S(=O)(=O)O)cc3cc2S(=O)(=O)O)cc(S(=O)(=O)O)c2cc(S(=O)(=O)O)c(N=Nc3ccc4c(O)c(N=Nc5cc(C(=O)O)ccc5C(=O)O)c(S(=O)(=O)O)cc4c3S(=O)(=O)O)c(O)c12. The van der Waals surface area contributed by atoms with Crippen LogP contribution in [-0.2, 0) is 70.8 Å². The fourth-order valence-electron chi connectivity index (χ4n) is 8.20. The summed E-state index contributed by atoms with van der Waals surface area (Å²) >= 11 is 5.91. The summed E-state index contributed by atoms with van der Waals surface area (Å²) in [4.78, 5) is 13.5. The van der Waals surface area contributed by atoms with Gasteiger partial charge in [0.25, 0.3) is 70.8 Å². The van der Waals surface area contributed by atoms with Crippen LogP contribution < -0.4 is 5.73 Å². The van der Waals surface area contributed by atoms with Gasteiger partial charge in [-0.1, -0.05) is 11.6 Å². The Morgan fingerprint density at radius 1 is 0.371 bits per heavy atom. The molecule has 0 saturated heterocycles. The summed E-state index contributed by atoms with van der Waals surface area (Å²) in [6.07, 6.45) is 0. The van der Waals surface area contributed by atoms with E-state index in [1.54, 1.807) is 0 Å². The first-order valence-electron chi connectivity index (χ1n) is 22.5. The van der Waals surface area contributed by atoms with Crippen LogP contribution in [0.25, 0.3) is 32.3 Å². The van der Waals surface area contributed by atoms with Crippen molar-refractivity contribution < 1.29 is 126 Å². The van der Waals surface area contributed by atoms with Crippen molar-refractivity contribution >= 4 is 178 Å². The molecule has 0 fully saturated rings. The number of anilines is 1. The van der Waals surface area contributed by atoms with E-state index in [9.17, 15) is 126 Å². The third-order valence-corrected chi connectivity index (χ3v) is 18.4. The molecule has 0 atom stereocenters. The average Bonchev–Trinajstić information content (AvgIpc) is 0.971. The maximum Gasteiger partial charge on any atom is 0.337 e. The van der Waals surface area contributed by atoms with Gasteiger partial charge in [-0.05, 0) is 90.3 Å². The third kappa shape index (κ3) is 13.2. The van der Waals surface area contributed by atoms with Crippen molar-refractivity contribution in [1.82, 2.24) is 0 Å². The van der Waals surface area contributed by atoms with E-state index in [0.717, 1.165) is 30.3 Å². The lowest BCUT2D eigenvalue weighted by atomic mass is 10.0. The van der Waals surface area contributed by atoms with Gasteiger partial charge < -0.3 is 31.3 Å². The quantitative estimate of drug-likeness (QED) is 0.0231. The Labute approximate surface area is 500 Å². The predicted molar refractivity (Wildman–Crippen MR) is 298 cm³/mol. The molecule has 37 nitrogen and oxygen atoms in total. The number of nitrogen functional groups attached to an aromatic ring is 1. The zero-order valence-corrected chi connectivity index (χ0v) is 48.8. The zero-order chi connectivity index (χ0) is 66.4. The molecule has 8 rings (SSSR count). The molecule has 0 aliphatic rings. The number of hydrogen-bond donors (Lipinski definition) is 13. The highest BCUT2D eigenvalue weighted by Gasteiger charge is 2.32. The van der Waals surface area contributed by atoms with E-state index in [1.807, 2.05) is 0 Å². The van der Waals surface area contributed by atoms with Crippen molar-refractivity contribution in [3.8, 4) is 17.2 Å². The van der Waals surface area contributed by atoms with E-state index < -0.39 is 229 Å². The van der Waals surface area contributed by atoms with Gasteiger partial charge in [0.1, 0.15) is 79.8 Å². The molecule has 8 aromatic rings. The number of rotatable bonds is 17. The summed E-state index contributed by atoms with van der Waals surface area (Å²) in [7, 11) is -39.5. The number of carboxylic acid groups (broad SMARTS) is 2. The van der Waals surface area contributed by atoms with Crippen LogP contribution in [0.3, 0.4) is 0 Å². The monoisotopic (exact) mass is 1390 g/mol. The molecule has 0 saturated carbocycles. The molecule has 89 heavy (non-hydrogen) atoms. The molecule has 0 spiro atoms. The number of benzene rings is 8. The molecule has 466 valence electrons. The van der Waals surface area contributed by atoms with Gasteiger partial charge in [-0.3, -0.25) is 31.9 Å². The smallest absolute Gasteiger partial charge is 0.337 e. The Balaban J connectivity index is 1.34. The molecule has 0 heterocycles. The van der Waals surface area contributed by atoms with Gasteiger partial charge in [0.05, 0.1) is 22.2 Å². The molecule has 45 heteroatoms. The lowest BCUT2D eigenvalue weighted by Gasteiger charge is -2.15. The molecule has 0 radical (unpaired) electrons. The predicted octanol–water partition coefficient (Wildman–Crippen LogP) is 8.28. The largest absolute Gasteiger partial charge is 0.505 e. The second kappa shape index (κ2) is 22.7. The Morgan fingerprint density at radius 3 is 1.34 bits per heavy atom. The summed E-state index contributed by atoms with van der Waals surface area (Å²) in [5.41, 5.74) is -5.14. The Hall–Kier alpha value is -9.26. The van der Waals surface area contributed by atoms with Crippen molar-refractivity contribution in [1.29, 1.82) is 0 Å². The molecule has 14 N–H and O–H groups in total. The average molecular weight is 1390 g/mol. The van der Waals surface area contributed by atoms with Crippen molar-refractivity contribution in [3.05, 3.63) is 101 Å². The summed E-state index contributed by atoms with van der Waals surface area (Å²) in [6.45, 7) is 0. The van der Waals surface area contributed by atoms with E-state index in [2.05, 4.69) is 40.9 Å². The van der Waals surface area contributed by atoms with Gasteiger partial charge in [-0.25, -0.2) is 9.59 Å². The van der Waals surface area contributed by atoms with Gasteiger partial charge in [-0.15, -0.1) is 40.9 Å². The molecular weight excluding hydrogens is 1360 g/mol. The number of phenols is 3. The van der Waals surface area contributed by atoms with Gasteiger partial charge in [0, 0.05) is 26.6 Å². The van der Waals surface area contributed by atoms with Crippen LogP contribution in [0.1, 0.15) is 20.7 Å². The molecule has 8 aromatic carbocycles. The summed E-state index contributed by atoms with van der Waals surface area (Å²) in [5, 5.41) is 75.8. The van der Waals surface area contributed by atoms with Gasteiger partial charge in [-0.2, -0.15) is 58.9 Å². The number of nitrogens with zero attached hydrogens (tertiary/aromatic N) is 8. The fourth-order valence-corrected chi connectivity index (χ4v) is 13.1. The first-order valence-corrected chi connectivity index (χ1v) is 32.9. The van der Waals surface area contributed by atoms with E-state index in [0.29, 0.717) is 36.4 Å². The van der Waals surface area contributed by atoms with Crippen molar-refractivity contribution in [3.63, 3.8) is 0 Å². The topological polar surface area (TPSA) is 641 Å². The Morgan fingerprint density at radius 2 is 0.820 bits per heavy atom. The van der Waals surface area contributed by atoms with E-state index in [4.69, 9.17) is 17.3 Å². The summed E-state index contributed by atoms with van der Waals surface area (Å²) < 4.78 is 250. The van der Waals surface area contributed by atoms with Crippen LogP contribution in [0, 0.1) is 0 Å². The lowest BCUT2D eigenvalue weighted by Crippen LogP contribution is -2.04. The number of carbonyl (C=O) groups is 2. The van der Waals surface area contributed by atoms with Crippen LogP contribution in [-0.4, -0.2) is 128 Å². The molecule has 0 aromatic heterocycles. The summed E-state index contributed by atoms with van der Waals surface area (Å²) in [6, 6.07) is 8.00. The number of carboxylic acids is 2. The van der Waals surface area contributed by atoms with E-state index >= 15 is 0 Å². The van der Waals surface area contributed by atoms with E-state index in [1.165, 1.54) is 0 Å². The standard InChI is InChI=1S/C44H28ClN9O28S7/c45-17-2-6-28(83(62,63)64)25(10-17)50-53-36-31(86(71,72)73)9-16-8-30(85(68,69)70)26(11-20(16)40(36)56)49-51-27-14-29(84(65,66)67)22-13-33(88(77,78)79)38(41(57)34(22)35(27)46)54-47-23-5-4-18-21(42(23)89(80,81)82)12-32(87(74,75)76)37(39(18)55)52-48-24-7-15(43(58)59)1-3-19(24)44(60)61/h1-14,55-57H,46H2,(H,58,59)(H,60,61)(H,62,63,64)(H,65,66,67)(H,68,69,70)(H,71,72,73)(H,74,75,76)(H,77,78,79)(H,80,81,82). The molecular formula is C44H28ClN9O28S7. The summed E-state index contributed by atoms with van der Waals surface area (Å²) in [5.74, 6) is -7.79. The van der Waals surface area contributed by atoms with Crippen molar-refractivity contribution in [2.45, 2.75) is 34.3 Å². The van der Waals surface area contributed by atoms with Crippen LogP contribution in [0.4, 0.5) is 51.2 Å². The highest BCUT2D eigenvalue weighted by atomic mass is 35.5. The number of fused-ring (bicyclic) bond motifs is 3. The van der Waals surface area contributed by atoms with Crippen LogP contribution in [0.5, 0.6) is 17.2 Å². The first-order chi connectivity index (χ1) is 40.8. The number of phenolic OH excluding ortho intramolecular Hbond substituents is 3. The van der Waals surface area contributed by atoms with Crippen molar-refractivity contribution in [2.24, 2.45) is 40.9 Å². The lowest BCUT2D eigenvalue weighted by molar-refractivity contribution is 0.0682. The van der Waals surface area contributed by atoms with E-state index in [-0.39, 0.29) is 23.2 Å². The number of halogens is 1. The molecule has 0 aliphatic heterocycles. The highest BCUT2D eigenvalue weighted by Crippen LogP contribution is 2.51. The third-order valence-electron chi connectivity index (χ3n) is 12.0. The Bertz CT molecular complexity index is 5540. The maximum absolute atomic E-state index is 13.1. The van der Waals surface area contributed by atoms with Crippen LogP contribution in [0.15, 0.2) is 160 Å². The first kappa shape index (κ1) is 65.7. The highest BCUT2D eigenvalue weighted by molar-refractivity contribution is 7.87. The number of hydrogen-bond acceptors (Lipinski definition) is 28. The van der Waals surface area contributed by atoms with Crippen LogP contribution >= 0.6 is 11.6 Å². The second-order valence-electron chi connectivity index (χ2n) is 17.6. The number of nitrogens with two attached hydrogens (primary N) is 1. The van der Waals surface area contributed by atoms with Gasteiger partial charge >= 0.3 is 11.9 Å². The number of aromatic carboxylic acids is 2. The second-order valence-corrected chi connectivity index (χ2v) is 27.7. The maximum atomic E-state index is 13.1. The molecule has 0 amide bonds. The molecule has 0 unspecified atom stereocenters.